The lowest BCUT2D eigenvalue weighted by Crippen LogP contribution is -2.21. The van der Waals surface area contributed by atoms with E-state index < -0.39 is 34.6 Å². The van der Waals surface area contributed by atoms with E-state index in [4.69, 9.17) is 0 Å². The molecule has 110 valence electrons. The Labute approximate surface area is 111 Å². The number of aliphatic hydroxyl groups is 1. The molecule has 1 aromatic rings. The zero-order valence-corrected chi connectivity index (χ0v) is 10.4. The minimum atomic E-state index is -4.95. The van der Waals surface area contributed by atoms with Gasteiger partial charge in [-0.3, -0.25) is 0 Å². The molecule has 20 heavy (non-hydrogen) atoms. The molecule has 0 amide bonds. The van der Waals surface area contributed by atoms with Gasteiger partial charge in [0.25, 0.3) is 0 Å². The number of hydrogen-bond acceptors (Lipinski definition) is 1. The smallest absolute Gasteiger partial charge is 0.374 e. The van der Waals surface area contributed by atoms with Gasteiger partial charge < -0.3 is 5.11 Å². The van der Waals surface area contributed by atoms with E-state index in [1.54, 1.807) is 0 Å². The van der Waals surface area contributed by atoms with Crippen molar-refractivity contribution in [3.05, 3.63) is 34.9 Å². The summed E-state index contributed by atoms with van der Waals surface area (Å²) in [7, 11) is 0. The van der Waals surface area contributed by atoms with Gasteiger partial charge in [-0.2, -0.15) is 26.3 Å². The van der Waals surface area contributed by atoms with Crippen LogP contribution in [0.5, 0.6) is 0 Å². The monoisotopic (exact) mass is 296 g/mol. The second-order valence-electron chi connectivity index (χ2n) is 4.24. The Morgan fingerprint density at radius 2 is 1.20 bits per heavy atom. The summed E-state index contributed by atoms with van der Waals surface area (Å²) in [4.78, 5) is 0. The van der Waals surface area contributed by atoms with Gasteiger partial charge in [-0.1, -0.05) is 5.92 Å². The van der Waals surface area contributed by atoms with Crippen LogP contribution in [0.4, 0.5) is 26.3 Å². The van der Waals surface area contributed by atoms with Crippen molar-refractivity contribution in [1.29, 1.82) is 0 Å². The van der Waals surface area contributed by atoms with Crippen LogP contribution in [0.3, 0.4) is 0 Å². The summed E-state index contributed by atoms with van der Waals surface area (Å²) < 4.78 is 75.8. The lowest BCUT2D eigenvalue weighted by Gasteiger charge is -2.21. The van der Waals surface area contributed by atoms with Crippen LogP contribution in [0.25, 0.3) is 0 Å². The SMILES string of the molecule is CC#CC(C)(O)c1cc(C(F)(F)F)cc(C(F)(F)F)c1. The first-order valence-corrected chi connectivity index (χ1v) is 5.34. The van der Waals surface area contributed by atoms with Gasteiger partial charge in [0.15, 0.2) is 0 Å². The molecule has 1 N–H and O–H groups in total. The molecule has 0 radical (unpaired) electrons. The van der Waals surface area contributed by atoms with Crippen LogP contribution in [0.15, 0.2) is 18.2 Å². The summed E-state index contributed by atoms with van der Waals surface area (Å²) >= 11 is 0. The van der Waals surface area contributed by atoms with Gasteiger partial charge in [0, 0.05) is 0 Å². The fraction of sp³-hybridized carbons (Fsp3) is 0.385. The molecule has 0 heterocycles. The highest BCUT2D eigenvalue weighted by Gasteiger charge is 2.38. The molecule has 1 nitrogen and oxygen atoms in total. The average molecular weight is 296 g/mol. The van der Waals surface area contributed by atoms with Gasteiger partial charge in [0.2, 0.25) is 0 Å². The van der Waals surface area contributed by atoms with E-state index in [2.05, 4.69) is 11.8 Å². The van der Waals surface area contributed by atoms with E-state index in [0.29, 0.717) is 12.1 Å². The minimum absolute atomic E-state index is 0.00104. The van der Waals surface area contributed by atoms with Crippen molar-refractivity contribution in [3.8, 4) is 11.8 Å². The van der Waals surface area contributed by atoms with Crippen LogP contribution in [-0.2, 0) is 18.0 Å². The van der Waals surface area contributed by atoms with E-state index >= 15 is 0 Å². The van der Waals surface area contributed by atoms with Crippen molar-refractivity contribution in [2.24, 2.45) is 0 Å². The second kappa shape index (κ2) is 5.02. The third-order valence-electron chi connectivity index (χ3n) is 2.52. The minimum Gasteiger partial charge on any atom is -0.374 e. The van der Waals surface area contributed by atoms with Crippen LogP contribution in [0.1, 0.15) is 30.5 Å². The third-order valence-corrected chi connectivity index (χ3v) is 2.52. The van der Waals surface area contributed by atoms with E-state index in [-0.39, 0.29) is 6.07 Å². The molecule has 0 aliphatic carbocycles. The Kier molecular flexibility index (Phi) is 4.11. The first kappa shape index (κ1) is 16.4. The summed E-state index contributed by atoms with van der Waals surface area (Å²) in [6, 6.07) is 0.915. The van der Waals surface area contributed by atoms with E-state index in [1.165, 1.54) is 6.92 Å². The molecular weight excluding hydrogens is 286 g/mol. The van der Waals surface area contributed by atoms with Crippen molar-refractivity contribution >= 4 is 0 Å². The number of benzene rings is 1. The second-order valence-corrected chi connectivity index (χ2v) is 4.24. The molecule has 1 unspecified atom stereocenters. The molecule has 0 spiro atoms. The molecule has 0 aliphatic heterocycles. The maximum Gasteiger partial charge on any atom is 0.416 e. The molecule has 1 atom stereocenters. The van der Waals surface area contributed by atoms with Crippen LogP contribution < -0.4 is 0 Å². The van der Waals surface area contributed by atoms with Gasteiger partial charge in [-0.25, -0.2) is 0 Å². The lowest BCUT2D eigenvalue weighted by atomic mass is 9.92. The summed E-state index contributed by atoms with van der Waals surface area (Å²) in [6.07, 6.45) is -9.91. The number of alkyl halides is 6. The van der Waals surface area contributed by atoms with Crippen LogP contribution in [0, 0.1) is 11.8 Å². The first-order valence-electron chi connectivity index (χ1n) is 5.34. The molecule has 0 fully saturated rings. The van der Waals surface area contributed by atoms with Crippen LogP contribution >= 0.6 is 0 Å². The Hall–Kier alpha value is -1.68. The first-order chi connectivity index (χ1) is 8.88. The maximum absolute atomic E-state index is 12.6. The normalized spacial score (nSPS) is 15.2. The molecule has 0 saturated carbocycles. The van der Waals surface area contributed by atoms with Gasteiger partial charge in [-0.05, 0) is 37.6 Å². The Bertz CT molecular complexity index is 525. The molecule has 1 aromatic carbocycles. The molecule has 0 saturated heterocycles. The standard InChI is InChI=1S/C13H10F6O/c1-3-4-11(2,20)8-5-9(12(14,15)16)7-10(6-8)13(17,18)19/h5-7,20H,1-2H3. The van der Waals surface area contributed by atoms with Gasteiger partial charge in [-0.15, -0.1) is 5.92 Å². The van der Waals surface area contributed by atoms with Crippen molar-refractivity contribution in [1.82, 2.24) is 0 Å². The molecular formula is C13H10F6O. The molecule has 0 aliphatic rings. The fourth-order valence-corrected chi connectivity index (χ4v) is 1.55. The summed E-state index contributed by atoms with van der Waals surface area (Å²) in [5.74, 6) is 4.43. The topological polar surface area (TPSA) is 20.2 Å². The Balaban J connectivity index is 3.57. The quantitative estimate of drug-likeness (QED) is 0.614. The molecule has 7 heteroatoms. The van der Waals surface area contributed by atoms with E-state index in [1.807, 2.05) is 0 Å². The van der Waals surface area contributed by atoms with Gasteiger partial charge in [0.05, 0.1) is 11.1 Å². The van der Waals surface area contributed by atoms with E-state index in [9.17, 15) is 31.4 Å². The average Bonchev–Trinajstić information content (AvgIpc) is 2.26. The maximum atomic E-state index is 12.6. The largest absolute Gasteiger partial charge is 0.416 e. The number of rotatable bonds is 1. The van der Waals surface area contributed by atoms with Crippen molar-refractivity contribution in [3.63, 3.8) is 0 Å². The van der Waals surface area contributed by atoms with Gasteiger partial charge >= 0.3 is 12.4 Å². The van der Waals surface area contributed by atoms with Crippen molar-refractivity contribution in [2.75, 3.05) is 0 Å². The van der Waals surface area contributed by atoms with Gasteiger partial charge in [0.1, 0.15) is 5.60 Å². The predicted molar refractivity (Wildman–Crippen MR) is 59.5 cm³/mol. The highest BCUT2D eigenvalue weighted by Crippen LogP contribution is 2.38. The highest BCUT2D eigenvalue weighted by atomic mass is 19.4. The molecule has 0 aromatic heterocycles. The third kappa shape index (κ3) is 3.67. The number of halogens is 6. The van der Waals surface area contributed by atoms with E-state index in [0.717, 1.165) is 6.92 Å². The molecule has 0 bridgehead atoms. The van der Waals surface area contributed by atoms with Crippen molar-refractivity contribution < 1.29 is 31.4 Å². The zero-order chi connectivity index (χ0) is 15.8. The predicted octanol–water partition coefficient (Wildman–Crippen LogP) is 3.96. The highest BCUT2D eigenvalue weighted by molar-refractivity contribution is 5.39. The zero-order valence-electron chi connectivity index (χ0n) is 10.4. The Morgan fingerprint density at radius 1 is 0.850 bits per heavy atom. The summed E-state index contributed by atoms with van der Waals surface area (Å²) in [6.45, 7) is 2.34. The summed E-state index contributed by atoms with van der Waals surface area (Å²) in [5.41, 5.74) is -5.63. The van der Waals surface area contributed by atoms with Crippen molar-refractivity contribution in [2.45, 2.75) is 31.8 Å². The molecule has 1 rings (SSSR count). The Morgan fingerprint density at radius 3 is 1.50 bits per heavy atom. The summed E-state index contributed by atoms with van der Waals surface area (Å²) in [5, 5.41) is 9.86. The lowest BCUT2D eigenvalue weighted by molar-refractivity contribution is -0.143. The number of hydrogen-bond donors (Lipinski definition) is 1. The van der Waals surface area contributed by atoms with Crippen LogP contribution in [0.2, 0.25) is 0 Å². The van der Waals surface area contributed by atoms with Crippen LogP contribution in [-0.4, -0.2) is 5.11 Å². The fourth-order valence-electron chi connectivity index (χ4n) is 1.55.